The summed E-state index contributed by atoms with van der Waals surface area (Å²) >= 11 is 0. The smallest absolute Gasteiger partial charge is 0.272 e. The zero-order valence-corrected chi connectivity index (χ0v) is 16.4. The lowest BCUT2D eigenvalue weighted by atomic mass is 10.1. The maximum absolute atomic E-state index is 12.4. The molecule has 1 amide bonds. The van der Waals surface area contributed by atoms with Gasteiger partial charge in [0.1, 0.15) is 5.69 Å². The molecule has 0 radical (unpaired) electrons. The summed E-state index contributed by atoms with van der Waals surface area (Å²) < 4.78 is 6.97. The summed E-state index contributed by atoms with van der Waals surface area (Å²) in [6.07, 6.45) is 4.13. The van der Waals surface area contributed by atoms with Crippen LogP contribution in [0.3, 0.4) is 0 Å². The van der Waals surface area contributed by atoms with Crippen LogP contribution in [0.1, 0.15) is 34.9 Å². The molecule has 148 valence electrons. The SMILES string of the molecule is COCCNc1ccccc1CNC(=O)c1ccn(C2CCCNC2)n1.Cl. The molecule has 1 aromatic carbocycles. The van der Waals surface area contributed by atoms with Crippen LogP contribution in [-0.2, 0) is 11.3 Å². The summed E-state index contributed by atoms with van der Waals surface area (Å²) in [7, 11) is 1.68. The largest absolute Gasteiger partial charge is 0.383 e. The number of halogens is 1. The van der Waals surface area contributed by atoms with E-state index in [4.69, 9.17) is 4.74 Å². The standard InChI is InChI=1S/C19H27N5O2.ClH/c1-26-12-10-21-17-7-3-2-5-15(17)13-22-19(25)18-8-11-24(23-18)16-6-4-9-20-14-16;/h2-3,5,7-8,11,16,20-21H,4,6,9-10,12-14H2,1H3,(H,22,25);1H. The van der Waals surface area contributed by atoms with Gasteiger partial charge in [0.15, 0.2) is 0 Å². The Balaban J connectivity index is 0.00000261. The van der Waals surface area contributed by atoms with Gasteiger partial charge in [-0.25, -0.2) is 0 Å². The monoisotopic (exact) mass is 393 g/mol. The first kappa shape index (κ1) is 21.2. The van der Waals surface area contributed by atoms with Crippen molar-refractivity contribution in [3.8, 4) is 0 Å². The van der Waals surface area contributed by atoms with E-state index < -0.39 is 0 Å². The Kier molecular flexibility index (Phi) is 8.57. The van der Waals surface area contributed by atoms with E-state index in [0.29, 0.717) is 24.9 Å². The highest BCUT2D eigenvalue weighted by Gasteiger charge is 2.17. The van der Waals surface area contributed by atoms with Gasteiger partial charge in [-0.1, -0.05) is 18.2 Å². The summed E-state index contributed by atoms with van der Waals surface area (Å²) in [6.45, 7) is 3.77. The van der Waals surface area contributed by atoms with Gasteiger partial charge in [0.05, 0.1) is 12.6 Å². The Bertz CT molecular complexity index is 716. The molecule has 0 bridgehead atoms. The number of para-hydroxylation sites is 1. The molecule has 7 nitrogen and oxygen atoms in total. The van der Waals surface area contributed by atoms with E-state index in [9.17, 15) is 4.79 Å². The van der Waals surface area contributed by atoms with Gasteiger partial charge in [0, 0.05) is 38.6 Å². The highest BCUT2D eigenvalue weighted by Crippen LogP contribution is 2.16. The molecule has 2 heterocycles. The van der Waals surface area contributed by atoms with E-state index in [2.05, 4.69) is 21.0 Å². The second-order valence-electron chi connectivity index (χ2n) is 6.44. The molecule has 1 atom stereocenters. The van der Waals surface area contributed by atoms with Crippen molar-refractivity contribution in [2.75, 3.05) is 38.7 Å². The van der Waals surface area contributed by atoms with Crippen molar-refractivity contribution in [2.45, 2.75) is 25.4 Å². The maximum Gasteiger partial charge on any atom is 0.272 e. The van der Waals surface area contributed by atoms with E-state index in [-0.39, 0.29) is 18.3 Å². The molecule has 8 heteroatoms. The van der Waals surface area contributed by atoms with E-state index in [1.54, 1.807) is 13.2 Å². The highest BCUT2D eigenvalue weighted by atomic mass is 35.5. The number of piperidine rings is 1. The van der Waals surface area contributed by atoms with Crippen LogP contribution in [0.4, 0.5) is 5.69 Å². The lowest BCUT2D eigenvalue weighted by Crippen LogP contribution is -2.32. The minimum atomic E-state index is -0.154. The number of carbonyl (C=O) groups is 1. The summed E-state index contributed by atoms with van der Waals surface area (Å²) in [5, 5.41) is 14.1. The van der Waals surface area contributed by atoms with Gasteiger partial charge in [0.25, 0.3) is 5.91 Å². The number of aromatic nitrogens is 2. The number of hydrogen-bond donors (Lipinski definition) is 3. The summed E-state index contributed by atoms with van der Waals surface area (Å²) in [4.78, 5) is 12.4. The predicted molar refractivity (Wildman–Crippen MR) is 109 cm³/mol. The van der Waals surface area contributed by atoms with E-state index in [0.717, 1.165) is 43.7 Å². The van der Waals surface area contributed by atoms with Gasteiger partial charge >= 0.3 is 0 Å². The van der Waals surface area contributed by atoms with E-state index in [1.807, 2.05) is 35.1 Å². The van der Waals surface area contributed by atoms with E-state index in [1.165, 1.54) is 0 Å². The Labute approximate surface area is 166 Å². The van der Waals surface area contributed by atoms with Crippen LogP contribution < -0.4 is 16.0 Å². The molecule has 1 aliphatic heterocycles. The number of ether oxygens (including phenoxy) is 1. The Morgan fingerprint density at radius 3 is 3.00 bits per heavy atom. The van der Waals surface area contributed by atoms with Crippen molar-refractivity contribution in [2.24, 2.45) is 0 Å². The second-order valence-corrected chi connectivity index (χ2v) is 6.44. The fraction of sp³-hybridized carbons (Fsp3) is 0.474. The van der Waals surface area contributed by atoms with Crippen molar-refractivity contribution >= 4 is 24.0 Å². The van der Waals surface area contributed by atoms with Crippen LogP contribution in [0.25, 0.3) is 0 Å². The first-order chi connectivity index (χ1) is 12.8. The van der Waals surface area contributed by atoms with Crippen LogP contribution in [0, 0.1) is 0 Å². The molecular weight excluding hydrogens is 366 g/mol. The van der Waals surface area contributed by atoms with Crippen molar-refractivity contribution < 1.29 is 9.53 Å². The third-order valence-corrected chi connectivity index (χ3v) is 4.56. The lowest BCUT2D eigenvalue weighted by Gasteiger charge is -2.22. The molecule has 27 heavy (non-hydrogen) atoms. The fourth-order valence-corrected chi connectivity index (χ4v) is 3.12. The molecule has 2 aromatic rings. The number of nitrogens with zero attached hydrogens (tertiary/aromatic N) is 2. The molecule has 1 unspecified atom stereocenters. The number of rotatable bonds is 8. The maximum atomic E-state index is 12.4. The number of methoxy groups -OCH3 is 1. The third kappa shape index (κ3) is 5.95. The molecule has 3 rings (SSSR count). The topological polar surface area (TPSA) is 80.2 Å². The summed E-state index contributed by atoms with van der Waals surface area (Å²) in [5.41, 5.74) is 2.50. The number of carbonyl (C=O) groups excluding carboxylic acids is 1. The lowest BCUT2D eigenvalue weighted by molar-refractivity contribution is 0.0944. The van der Waals surface area contributed by atoms with Crippen molar-refractivity contribution in [1.29, 1.82) is 0 Å². The van der Waals surface area contributed by atoms with Crippen LogP contribution in [0.15, 0.2) is 36.5 Å². The molecule has 1 fully saturated rings. The molecule has 1 aliphatic rings. The van der Waals surface area contributed by atoms with Crippen LogP contribution in [-0.4, -0.2) is 49.0 Å². The molecule has 1 saturated heterocycles. The number of benzene rings is 1. The van der Waals surface area contributed by atoms with Gasteiger partial charge in [-0.2, -0.15) is 5.10 Å². The van der Waals surface area contributed by atoms with Gasteiger partial charge in [0.2, 0.25) is 0 Å². The first-order valence-corrected chi connectivity index (χ1v) is 9.12. The second kappa shape index (κ2) is 10.9. The summed E-state index contributed by atoms with van der Waals surface area (Å²) in [5.74, 6) is -0.154. The highest BCUT2D eigenvalue weighted by molar-refractivity contribution is 5.92. The number of anilines is 1. The molecule has 0 spiro atoms. The van der Waals surface area contributed by atoms with Crippen LogP contribution >= 0.6 is 12.4 Å². The number of amides is 1. The zero-order chi connectivity index (χ0) is 18.2. The Morgan fingerprint density at radius 1 is 1.37 bits per heavy atom. The molecule has 3 N–H and O–H groups in total. The number of nitrogens with one attached hydrogen (secondary N) is 3. The van der Waals surface area contributed by atoms with Gasteiger partial charge < -0.3 is 20.7 Å². The Hall–Kier alpha value is -2.09. The average molecular weight is 394 g/mol. The fourth-order valence-electron chi connectivity index (χ4n) is 3.12. The first-order valence-electron chi connectivity index (χ1n) is 9.12. The zero-order valence-electron chi connectivity index (χ0n) is 15.6. The third-order valence-electron chi connectivity index (χ3n) is 4.56. The number of hydrogen-bond acceptors (Lipinski definition) is 5. The van der Waals surface area contributed by atoms with Crippen LogP contribution in [0.5, 0.6) is 0 Å². The Morgan fingerprint density at radius 2 is 2.22 bits per heavy atom. The van der Waals surface area contributed by atoms with E-state index >= 15 is 0 Å². The van der Waals surface area contributed by atoms with Crippen LogP contribution in [0.2, 0.25) is 0 Å². The molecule has 0 saturated carbocycles. The van der Waals surface area contributed by atoms with Crippen molar-refractivity contribution in [3.05, 3.63) is 47.8 Å². The minimum Gasteiger partial charge on any atom is -0.383 e. The average Bonchev–Trinajstić information content (AvgIpc) is 3.18. The van der Waals surface area contributed by atoms with Crippen molar-refractivity contribution in [3.63, 3.8) is 0 Å². The molecule has 0 aliphatic carbocycles. The molecular formula is C19H28ClN5O2. The van der Waals surface area contributed by atoms with Gasteiger partial charge in [-0.05, 0) is 37.1 Å². The van der Waals surface area contributed by atoms with Crippen molar-refractivity contribution in [1.82, 2.24) is 20.4 Å². The normalized spacial score (nSPS) is 16.4. The predicted octanol–water partition coefficient (Wildman–Crippen LogP) is 2.22. The summed E-state index contributed by atoms with van der Waals surface area (Å²) in [6, 6.07) is 10.1. The quantitative estimate of drug-likeness (QED) is 0.599. The van der Waals surface area contributed by atoms with Gasteiger partial charge in [-0.15, -0.1) is 12.4 Å². The van der Waals surface area contributed by atoms with Gasteiger partial charge in [-0.3, -0.25) is 9.48 Å². The minimum absolute atomic E-state index is 0. The molecule has 1 aromatic heterocycles.